The van der Waals surface area contributed by atoms with E-state index in [4.69, 9.17) is 4.42 Å². The Morgan fingerprint density at radius 3 is 2.73 bits per heavy atom. The van der Waals surface area contributed by atoms with E-state index in [1.54, 1.807) is 12.3 Å². The Morgan fingerprint density at radius 1 is 1.32 bits per heavy atom. The summed E-state index contributed by atoms with van der Waals surface area (Å²) in [4.78, 5) is 14.0. The molecule has 1 atom stereocenters. The zero-order chi connectivity index (χ0) is 15.9. The van der Waals surface area contributed by atoms with Crippen LogP contribution < -0.4 is 5.32 Å². The second-order valence-electron chi connectivity index (χ2n) is 5.09. The molecule has 0 aliphatic carbocycles. The third kappa shape index (κ3) is 4.58. The molecule has 0 bridgehead atoms. The first-order valence-electron chi connectivity index (χ1n) is 6.98. The van der Waals surface area contributed by atoms with Crippen molar-refractivity contribution in [2.24, 2.45) is 0 Å². The van der Waals surface area contributed by atoms with Gasteiger partial charge in [0, 0.05) is 17.1 Å². The predicted molar refractivity (Wildman–Crippen MR) is 91.3 cm³/mol. The van der Waals surface area contributed by atoms with Crippen LogP contribution in [-0.4, -0.2) is 31.4 Å². The summed E-state index contributed by atoms with van der Waals surface area (Å²) in [5, 5.41) is 2.90. The van der Waals surface area contributed by atoms with E-state index in [2.05, 4.69) is 21.2 Å². The fourth-order valence-electron chi connectivity index (χ4n) is 2.05. The normalized spacial score (nSPS) is 12.7. The number of halogens is 1. The van der Waals surface area contributed by atoms with Crippen molar-refractivity contribution in [1.29, 1.82) is 0 Å². The van der Waals surface area contributed by atoms with Crippen LogP contribution in [0.4, 0.5) is 0 Å². The molecule has 0 aliphatic rings. The van der Waals surface area contributed by atoms with Crippen molar-refractivity contribution >= 4 is 27.9 Å². The number of carbonyl (C=O) groups excluding carboxylic acids is 1. The van der Waals surface area contributed by atoms with Gasteiger partial charge >= 0.3 is 0 Å². The zero-order valence-corrected chi connectivity index (χ0v) is 14.2. The van der Waals surface area contributed by atoms with E-state index in [0.717, 1.165) is 15.8 Å². The van der Waals surface area contributed by atoms with Gasteiger partial charge in [-0.1, -0.05) is 34.1 Å². The Kier molecular flexibility index (Phi) is 5.98. The maximum absolute atomic E-state index is 12.0. The van der Waals surface area contributed by atoms with Gasteiger partial charge < -0.3 is 9.73 Å². The number of nitrogens with one attached hydrogen (secondary N) is 1. The minimum atomic E-state index is -0.130. The topological polar surface area (TPSA) is 45.5 Å². The number of carbonyl (C=O) groups is 1. The minimum Gasteiger partial charge on any atom is -0.468 e. The minimum absolute atomic E-state index is 0.0100. The van der Waals surface area contributed by atoms with Crippen LogP contribution in [0.2, 0.25) is 0 Å². The lowest BCUT2D eigenvalue weighted by atomic mass is 10.2. The number of likely N-dealkylation sites (N-methyl/N-ethyl adjacent to an activating group) is 1. The Bertz CT molecular complexity index is 636. The first kappa shape index (κ1) is 16.5. The summed E-state index contributed by atoms with van der Waals surface area (Å²) in [5.41, 5.74) is 0.966. The summed E-state index contributed by atoms with van der Waals surface area (Å²) in [6.45, 7) is 0.486. The molecule has 0 aliphatic heterocycles. The monoisotopic (exact) mass is 362 g/mol. The smallest absolute Gasteiger partial charge is 0.244 e. The second kappa shape index (κ2) is 7.96. The molecule has 0 spiro atoms. The summed E-state index contributed by atoms with van der Waals surface area (Å²) < 4.78 is 6.38. The molecule has 0 fully saturated rings. The molecule has 1 N–H and O–H groups in total. The summed E-state index contributed by atoms with van der Waals surface area (Å²) >= 11 is 3.45. The first-order chi connectivity index (χ1) is 10.6. The standard InChI is InChI=1S/C17H19BrN2O2/c1-20(2)15(16-8-5-11-22-16)12-19-17(21)10-9-13-6-3-4-7-14(13)18/h3-11,15H,12H2,1-2H3,(H,19,21). The lowest BCUT2D eigenvalue weighted by Crippen LogP contribution is -2.33. The highest BCUT2D eigenvalue weighted by Gasteiger charge is 2.17. The molecule has 1 aromatic carbocycles. The highest BCUT2D eigenvalue weighted by molar-refractivity contribution is 9.10. The summed E-state index contributed by atoms with van der Waals surface area (Å²) in [6.07, 6.45) is 4.96. The van der Waals surface area contributed by atoms with E-state index in [-0.39, 0.29) is 11.9 Å². The van der Waals surface area contributed by atoms with Crippen molar-refractivity contribution in [3.8, 4) is 0 Å². The SMILES string of the molecule is CN(C)C(CNC(=O)C=Cc1ccccc1Br)c1ccco1. The van der Waals surface area contributed by atoms with Gasteiger partial charge in [-0.3, -0.25) is 9.69 Å². The van der Waals surface area contributed by atoms with Crippen molar-refractivity contribution in [3.63, 3.8) is 0 Å². The predicted octanol–water partition coefficient (Wildman–Crippen LogP) is 3.47. The molecule has 1 aromatic heterocycles. The molecule has 1 heterocycles. The van der Waals surface area contributed by atoms with Crippen molar-refractivity contribution in [2.75, 3.05) is 20.6 Å². The van der Waals surface area contributed by atoms with Gasteiger partial charge in [0.15, 0.2) is 0 Å². The highest BCUT2D eigenvalue weighted by Crippen LogP contribution is 2.18. The average Bonchev–Trinajstić information content (AvgIpc) is 3.00. The van der Waals surface area contributed by atoms with E-state index in [9.17, 15) is 4.79 Å². The van der Waals surface area contributed by atoms with Crippen molar-refractivity contribution in [3.05, 3.63) is 64.5 Å². The molecule has 0 radical (unpaired) electrons. The van der Waals surface area contributed by atoms with Gasteiger partial charge in [-0.2, -0.15) is 0 Å². The van der Waals surface area contributed by atoms with Crippen LogP contribution in [0.15, 0.2) is 57.6 Å². The lowest BCUT2D eigenvalue weighted by Gasteiger charge is -2.22. The van der Waals surface area contributed by atoms with Crippen molar-refractivity contribution in [1.82, 2.24) is 10.2 Å². The third-order valence-corrected chi connectivity index (χ3v) is 4.01. The van der Waals surface area contributed by atoms with E-state index in [1.807, 2.05) is 55.4 Å². The molecule has 22 heavy (non-hydrogen) atoms. The van der Waals surface area contributed by atoms with Gasteiger partial charge in [-0.25, -0.2) is 0 Å². The second-order valence-corrected chi connectivity index (χ2v) is 5.95. The molecule has 1 unspecified atom stereocenters. The molecule has 2 aromatic rings. The van der Waals surface area contributed by atoms with Crippen LogP contribution in [-0.2, 0) is 4.79 Å². The Labute approximate surface area is 138 Å². The van der Waals surface area contributed by atoms with Gasteiger partial charge in [0.1, 0.15) is 5.76 Å². The number of rotatable bonds is 6. The Hall–Kier alpha value is -1.85. The van der Waals surface area contributed by atoms with Crippen molar-refractivity contribution in [2.45, 2.75) is 6.04 Å². The fraction of sp³-hybridized carbons (Fsp3) is 0.235. The maximum Gasteiger partial charge on any atom is 0.244 e. The molecule has 1 amide bonds. The van der Waals surface area contributed by atoms with Crippen LogP contribution in [0.25, 0.3) is 6.08 Å². The molecular formula is C17H19BrN2O2. The molecule has 5 heteroatoms. The number of nitrogens with zero attached hydrogens (tertiary/aromatic N) is 1. The van der Waals surface area contributed by atoms with E-state index >= 15 is 0 Å². The summed E-state index contributed by atoms with van der Waals surface area (Å²) in [5.74, 6) is 0.703. The van der Waals surface area contributed by atoms with Gasteiger partial charge in [-0.05, 0) is 43.9 Å². The summed E-state index contributed by atoms with van der Waals surface area (Å²) in [7, 11) is 3.91. The van der Waals surface area contributed by atoms with Crippen LogP contribution in [0.5, 0.6) is 0 Å². The maximum atomic E-state index is 12.0. The summed E-state index contributed by atoms with van der Waals surface area (Å²) in [6, 6.07) is 11.5. The van der Waals surface area contributed by atoms with Gasteiger partial charge in [0.2, 0.25) is 5.91 Å². The van der Waals surface area contributed by atoms with E-state index < -0.39 is 0 Å². The Balaban J connectivity index is 1.93. The van der Waals surface area contributed by atoms with E-state index in [0.29, 0.717) is 6.54 Å². The molecule has 116 valence electrons. The van der Waals surface area contributed by atoms with E-state index in [1.165, 1.54) is 6.08 Å². The molecular weight excluding hydrogens is 344 g/mol. The fourth-order valence-corrected chi connectivity index (χ4v) is 2.47. The largest absolute Gasteiger partial charge is 0.468 e. The van der Waals surface area contributed by atoms with Gasteiger partial charge in [0.25, 0.3) is 0 Å². The number of hydrogen-bond acceptors (Lipinski definition) is 3. The zero-order valence-electron chi connectivity index (χ0n) is 12.6. The van der Waals surface area contributed by atoms with Crippen LogP contribution >= 0.6 is 15.9 Å². The molecule has 2 rings (SSSR count). The lowest BCUT2D eigenvalue weighted by molar-refractivity contribution is -0.116. The number of hydrogen-bond donors (Lipinski definition) is 1. The number of furan rings is 1. The molecule has 4 nitrogen and oxygen atoms in total. The van der Waals surface area contributed by atoms with Crippen LogP contribution in [0.3, 0.4) is 0 Å². The molecule has 0 saturated carbocycles. The van der Waals surface area contributed by atoms with Crippen LogP contribution in [0, 0.1) is 0 Å². The highest BCUT2D eigenvalue weighted by atomic mass is 79.9. The first-order valence-corrected chi connectivity index (χ1v) is 7.77. The van der Waals surface area contributed by atoms with Crippen molar-refractivity contribution < 1.29 is 9.21 Å². The Morgan fingerprint density at radius 2 is 2.09 bits per heavy atom. The third-order valence-electron chi connectivity index (χ3n) is 3.28. The quantitative estimate of drug-likeness (QED) is 0.800. The van der Waals surface area contributed by atoms with Crippen LogP contribution in [0.1, 0.15) is 17.4 Å². The average molecular weight is 363 g/mol. The molecule has 0 saturated heterocycles. The van der Waals surface area contributed by atoms with Gasteiger partial charge in [-0.15, -0.1) is 0 Å². The number of amides is 1. The number of benzene rings is 1. The van der Waals surface area contributed by atoms with Gasteiger partial charge in [0.05, 0.1) is 12.3 Å².